The zero-order valence-corrected chi connectivity index (χ0v) is 12.2. The zero-order valence-electron chi connectivity index (χ0n) is 12.2. The molecule has 0 aliphatic rings. The maximum atomic E-state index is 5.77. The molecule has 0 aliphatic carbocycles. The van der Waals surface area contributed by atoms with Crippen LogP contribution in [0.2, 0.25) is 0 Å². The fourth-order valence-electron chi connectivity index (χ4n) is 2.22. The quantitative estimate of drug-likeness (QED) is 0.788. The molecule has 2 aromatic rings. The number of nitrogens with two attached hydrogens (primary N) is 1. The molecule has 0 unspecified atom stereocenters. The molecule has 2 N–H and O–H groups in total. The Hall–Kier alpha value is -1.88. The molecule has 5 heteroatoms. The number of aryl methyl sites for hydroxylation is 1. The summed E-state index contributed by atoms with van der Waals surface area (Å²) >= 11 is 0. The molecule has 20 heavy (non-hydrogen) atoms. The van der Waals surface area contributed by atoms with Gasteiger partial charge in [0.15, 0.2) is 0 Å². The third-order valence-corrected chi connectivity index (χ3v) is 3.34. The molecular formula is C15H22N4O. The van der Waals surface area contributed by atoms with Crippen LogP contribution in [0.1, 0.15) is 31.9 Å². The molecule has 0 bridgehead atoms. The van der Waals surface area contributed by atoms with Crippen LogP contribution in [-0.4, -0.2) is 22.1 Å². The third kappa shape index (κ3) is 3.17. The monoisotopic (exact) mass is 274 g/mol. The number of methoxy groups -OCH3 is 1. The molecule has 2 rings (SSSR count). The van der Waals surface area contributed by atoms with Gasteiger partial charge in [-0.25, -0.2) is 4.68 Å². The van der Waals surface area contributed by atoms with Crippen molar-refractivity contribution in [1.82, 2.24) is 15.0 Å². The summed E-state index contributed by atoms with van der Waals surface area (Å²) < 4.78 is 7.15. The molecule has 0 saturated carbocycles. The van der Waals surface area contributed by atoms with Crippen LogP contribution >= 0.6 is 0 Å². The van der Waals surface area contributed by atoms with Crippen LogP contribution in [0.3, 0.4) is 0 Å². The van der Waals surface area contributed by atoms with Crippen LogP contribution in [0.4, 0.5) is 0 Å². The summed E-state index contributed by atoms with van der Waals surface area (Å²) in [5, 5.41) is 8.42. The molecule has 0 amide bonds. The van der Waals surface area contributed by atoms with Crippen molar-refractivity contribution in [3.05, 3.63) is 30.0 Å². The predicted octanol–water partition coefficient (Wildman–Crippen LogP) is 2.60. The number of hydrogen-bond donors (Lipinski definition) is 1. The Labute approximate surface area is 119 Å². The van der Waals surface area contributed by atoms with Gasteiger partial charge in [-0.3, -0.25) is 0 Å². The lowest BCUT2D eigenvalue weighted by Crippen LogP contribution is -2.04. The molecule has 0 radical (unpaired) electrons. The summed E-state index contributed by atoms with van der Waals surface area (Å²) in [4.78, 5) is 0. The topological polar surface area (TPSA) is 66.0 Å². The minimum atomic E-state index is 0.398. The summed E-state index contributed by atoms with van der Waals surface area (Å²) in [6.07, 6.45) is 3.49. The van der Waals surface area contributed by atoms with Gasteiger partial charge in [0.25, 0.3) is 0 Å². The van der Waals surface area contributed by atoms with Crippen LogP contribution in [0.15, 0.2) is 24.3 Å². The summed E-state index contributed by atoms with van der Waals surface area (Å²) in [7, 11) is 1.66. The van der Waals surface area contributed by atoms with Gasteiger partial charge in [0.05, 0.1) is 12.8 Å². The van der Waals surface area contributed by atoms with E-state index in [4.69, 9.17) is 10.5 Å². The molecule has 1 aromatic heterocycles. The highest BCUT2D eigenvalue weighted by Gasteiger charge is 2.13. The van der Waals surface area contributed by atoms with E-state index in [1.165, 1.54) is 12.8 Å². The van der Waals surface area contributed by atoms with Crippen LogP contribution in [0.25, 0.3) is 11.3 Å². The van der Waals surface area contributed by atoms with E-state index in [0.29, 0.717) is 6.54 Å². The van der Waals surface area contributed by atoms with Crippen molar-refractivity contribution in [1.29, 1.82) is 0 Å². The Bertz CT molecular complexity index is 533. The average molecular weight is 274 g/mol. The first-order valence-corrected chi connectivity index (χ1v) is 7.07. The number of rotatable bonds is 7. The van der Waals surface area contributed by atoms with Crippen molar-refractivity contribution < 1.29 is 4.74 Å². The Morgan fingerprint density at radius 1 is 1.20 bits per heavy atom. The number of hydrogen-bond acceptors (Lipinski definition) is 4. The molecule has 0 aliphatic heterocycles. The van der Waals surface area contributed by atoms with Gasteiger partial charge in [0.1, 0.15) is 11.4 Å². The predicted molar refractivity (Wildman–Crippen MR) is 79.4 cm³/mol. The van der Waals surface area contributed by atoms with E-state index >= 15 is 0 Å². The Balaban J connectivity index is 2.29. The smallest absolute Gasteiger partial charge is 0.118 e. The Kier molecular flexibility index (Phi) is 5.12. The molecule has 1 aromatic carbocycles. The van der Waals surface area contributed by atoms with Gasteiger partial charge in [0, 0.05) is 18.7 Å². The van der Waals surface area contributed by atoms with Gasteiger partial charge in [-0.15, -0.1) is 5.10 Å². The largest absolute Gasteiger partial charge is 0.497 e. The van der Waals surface area contributed by atoms with Crippen molar-refractivity contribution in [2.24, 2.45) is 5.73 Å². The lowest BCUT2D eigenvalue weighted by Gasteiger charge is -2.08. The first-order chi connectivity index (χ1) is 9.80. The van der Waals surface area contributed by atoms with Crippen molar-refractivity contribution in [2.45, 2.75) is 39.3 Å². The van der Waals surface area contributed by atoms with E-state index in [1.807, 2.05) is 28.9 Å². The lowest BCUT2D eigenvalue weighted by atomic mass is 10.1. The number of ether oxygens (including phenoxy) is 1. The van der Waals surface area contributed by atoms with E-state index < -0.39 is 0 Å². The van der Waals surface area contributed by atoms with Gasteiger partial charge in [-0.05, 0) is 30.7 Å². The second-order valence-corrected chi connectivity index (χ2v) is 4.75. The fourth-order valence-corrected chi connectivity index (χ4v) is 2.22. The maximum Gasteiger partial charge on any atom is 0.118 e. The highest BCUT2D eigenvalue weighted by molar-refractivity contribution is 5.62. The van der Waals surface area contributed by atoms with Crippen LogP contribution in [0, 0.1) is 0 Å². The van der Waals surface area contributed by atoms with Crippen molar-refractivity contribution in [3.8, 4) is 17.0 Å². The van der Waals surface area contributed by atoms with Crippen molar-refractivity contribution >= 4 is 0 Å². The van der Waals surface area contributed by atoms with Gasteiger partial charge >= 0.3 is 0 Å². The van der Waals surface area contributed by atoms with E-state index in [-0.39, 0.29) is 0 Å². The Morgan fingerprint density at radius 2 is 1.95 bits per heavy atom. The maximum absolute atomic E-state index is 5.77. The average Bonchev–Trinajstić information content (AvgIpc) is 2.90. The molecule has 108 valence electrons. The van der Waals surface area contributed by atoms with E-state index in [2.05, 4.69) is 17.2 Å². The van der Waals surface area contributed by atoms with Gasteiger partial charge in [0.2, 0.25) is 0 Å². The first-order valence-electron chi connectivity index (χ1n) is 7.07. The molecule has 0 saturated heterocycles. The number of nitrogens with zero attached hydrogens (tertiary/aromatic N) is 3. The van der Waals surface area contributed by atoms with Crippen LogP contribution in [-0.2, 0) is 13.1 Å². The number of unbranched alkanes of at least 4 members (excludes halogenated alkanes) is 2. The fraction of sp³-hybridized carbons (Fsp3) is 0.467. The second-order valence-electron chi connectivity index (χ2n) is 4.75. The zero-order chi connectivity index (χ0) is 14.4. The lowest BCUT2D eigenvalue weighted by molar-refractivity contribution is 0.415. The van der Waals surface area contributed by atoms with Crippen LogP contribution in [0.5, 0.6) is 5.75 Å². The molecule has 5 nitrogen and oxygen atoms in total. The molecule has 0 spiro atoms. The minimum Gasteiger partial charge on any atom is -0.497 e. The SMILES string of the molecule is CCCCCn1nnc(CN)c1-c1ccc(OC)cc1. The summed E-state index contributed by atoms with van der Waals surface area (Å²) in [6.45, 7) is 3.47. The highest BCUT2D eigenvalue weighted by Crippen LogP contribution is 2.25. The van der Waals surface area contributed by atoms with Gasteiger partial charge in [-0.2, -0.15) is 0 Å². The summed E-state index contributed by atoms with van der Waals surface area (Å²) in [6, 6.07) is 7.93. The van der Waals surface area contributed by atoms with Crippen LogP contribution < -0.4 is 10.5 Å². The minimum absolute atomic E-state index is 0.398. The molecule has 0 atom stereocenters. The highest BCUT2D eigenvalue weighted by atomic mass is 16.5. The molecule has 0 fully saturated rings. The van der Waals surface area contributed by atoms with E-state index in [9.17, 15) is 0 Å². The number of aromatic nitrogens is 3. The second kappa shape index (κ2) is 7.05. The van der Waals surface area contributed by atoms with E-state index in [1.54, 1.807) is 7.11 Å². The molecular weight excluding hydrogens is 252 g/mol. The van der Waals surface area contributed by atoms with Gasteiger partial charge < -0.3 is 10.5 Å². The number of benzene rings is 1. The van der Waals surface area contributed by atoms with Gasteiger partial charge in [-0.1, -0.05) is 25.0 Å². The van der Waals surface area contributed by atoms with Crippen molar-refractivity contribution in [2.75, 3.05) is 7.11 Å². The normalized spacial score (nSPS) is 10.8. The molecule has 1 heterocycles. The summed E-state index contributed by atoms with van der Waals surface area (Å²) in [5.74, 6) is 0.841. The standard InChI is InChI=1S/C15H22N4O/c1-3-4-5-10-19-15(14(11-16)17-18-19)12-6-8-13(20-2)9-7-12/h6-9H,3-5,10-11,16H2,1-2H3. The third-order valence-electron chi connectivity index (χ3n) is 3.34. The first kappa shape index (κ1) is 14.5. The van der Waals surface area contributed by atoms with Crippen molar-refractivity contribution in [3.63, 3.8) is 0 Å². The van der Waals surface area contributed by atoms with E-state index in [0.717, 1.165) is 35.7 Å². The Morgan fingerprint density at radius 3 is 2.55 bits per heavy atom. The summed E-state index contributed by atoms with van der Waals surface area (Å²) in [5.41, 5.74) is 8.71.